The Labute approximate surface area is 100 Å². The van der Waals surface area contributed by atoms with Gasteiger partial charge in [-0.3, -0.25) is 0 Å². The van der Waals surface area contributed by atoms with Gasteiger partial charge in [-0.15, -0.1) is 0 Å². The fraction of sp³-hybridized carbons (Fsp3) is 0.417. The summed E-state index contributed by atoms with van der Waals surface area (Å²) in [5, 5.41) is 18.9. The smallest absolute Gasteiger partial charge is 0.407 e. The molecular formula is C12H18N2O3. The summed E-state index contributed by atoms with van der Waals surface area (Å²) in [6.07, 6.45) is -1.90. The van der Waals surface area contributed by atoms with Gasteiger partial charge in [0.15, 0.2) is 0 Å². The van der Waals surface area contributed by atoms with Crippen molar-refractivity contribution in [2.24, 2.45) is 5.73 Å². The molecular weight excluding hydrogens is 220 g/mol. The van der Waals surface area contributed by atoms with Crippen LogP contribution in [0.15, 0.2) is 30.3 Å². The zero-order valence-electron chi connectivity index (χ0n) is 9.78. The lowest BCUT2D eigenvalue weighted by Gasteiger charge is -2.24. The number of hydrogen-bond donors (Lipinski definition) is 3. The highest BCUT2D eigenvalue weighted by Crippen LogP contribution is 2.13. The summed E-state index contributed by atoms with van der Waals surface area (Å²) in [6, 6.07) is 8.71. The molecule has 2 atom stereocenters. The number of nitrogens with zero attached hydrogens (tertiary/aromatic N) is 1. The van der Waals surface area contributed by atoms with Gasteiger partial charge in [0.05, 0.1) is 12.6 Å². The first-order valence-electron chi connectivity index (χ1n) is 5.47. The molecule has 94 valence electrons. The van der Waals surface area contributed by atoms with Crippen molar-refractivity contribution in [3.8, 4) is 0 Å². The van der Waals surface area contributed by atoms with Gasteiger partial charge in [0.25, 0.3) is 0 Å². The maximum absolute atomic E-state index is 11.0. The normalized spacial score (nSPS) is 14.1. The molecule has 0 fully saturated rings. The second-order valence-electron chi connectivity index (χ2n) is 4.09. The van der Waals surface area contributed by atoms with Crippen molar-refractivity contribution in [2.75, 3.05) is 13.1 Å². The van der Waals surface area contributed by atoms with Crippen LogP contribution in [0.2, 0.25) is 0 Å². The Morgan fingerprint density at radius 2 is 1.94 bits per heavy atom. The summed E-state index contributed by atoms with van der Waals surface area (Å²) in [4.78, 5) is 12.1. The molecule has 17 heavy (non-hydrogen) atoms. The van der Waals surface area contributed by atoms with Crippen molar-refractivity contribution >= 4 is 6.09 Å². The first-order chi connectivity index (χ1) is 8.00. The van der Waals surface area contributed by atoms with E-state index in [9.17, 15) is 9.90 Å². The molecule has 1 aromatic rings. The molecule has 0 saturated heterocycles. The number of carboxylic acid groups (broad SMARTS) is 1. The second kappa shape index (κ2) is 6.22. The summed E-state index contributed by atoms with van der Waals surface area (Å²) >= 11 is 0. The number of rotatable bonds is 5. The van der Waals surface area contributed by atoms with E-state index in [1.165, 1.54) is 0 Å². The molecule has 1 rings (SSSR count). The number of nitrogens with two attached hydrogens (primary N) is 1. The first kappa shape index (κ1) is 13.5. The molecule has 0 radical (unpaired) electrons. The minimum Gasteiger partial charge on any atom is -0.465 e. The van der Waals surface area contributed by atoms with Gasteiger partial charge in [-0.25, -0.2) is 4.79 Å². The van der Waals surface area contributed by atoms with Gasteiger partial charge in [0.1, 0.15) is 0 Å². The quantitative estimate of drug-likeness (QED) is 0.715. The van der Waals surface area contributed by atoms with Crippen LogP contribution in [-0.4, -0.2) is 40.3 Å². The van der Waals surface area contributed by atoms with Crippen LogP contribution in [-0.2, 0) is 0 Å². The van der Waals surface area contributed by atoms with Crippen LogP contribution in [0.5, 0.6) is 0 Å². The van der Waals surface area contributed by atoms with Crippen LogP contribution in [0.3, 0.4) is 0 Å². The van der Waals surface area contributed by atoms with Crippen LogP contribution >= 0.6 is 0 Å². The lowest BCUT2D eigenvalue weighted by atomic mass is 10.1. The van der Waals surface area contributed by atoms with Crippen LogP contribution < -0.4 is 5.73 Å². The van der Waals surface area contributed by atoms with Crippen molar-refractivity contribution < 1.29 is 15.0 Å². The molecule has 5 heteroatoms. The van der Waals surface area contributed by atoms with Crippen LogP contribution in [0.4, 0.5) is 4.79 Å². The topological polar surface area (TPSA) is 86.8 Å². The Bertz CT molecular complexity index is 354. The van der Waals surface area contributed by atoms with Crippen molar-refractivity contribution in [2.45, 2.75) is 19.1 Å². The fourth-order valence-electron chi connectivity index (χ4n) is 1.57. The molecule has 0 aliphatic heterocycles. The van der Waals surface area contributed by atoms with E-state index in [0.717, 1.165) is 4.90 Å². The maximum atomic E-state index is 11.0. The van der Waals surface area contributed by atoms with Crippen LogP contribution in [0, 0.1) is 0 Å². The molecule has 5 nitrogen and oxygen atoms in total. The number of amides is 1. The lowest BCUT2D eigenvalue weighted by molar-refractivity contribution is 0.0947. The summed E-state index contributed by atoms with van der Waals surface area (Å²) in [7, 11) is 0. The average Bonchev–Trinajstić information content (AvgIpc) is 2.28. The zero-order chi connectivity index (χ0) is 12.8. The lowest BCUT2D eigenvalue weighted by Crippen LogP contribution is -2.41. The molecule has 1 amide bonds. The Balaban J connectivity index is 2.64. The highest BCUT2D eigenvalue weighted by atomic mass is 16.4. The minimum absolute atomic E-state index is 0.0287. The number of carbonyl (C=O) groups is 1. The predicted octanol–water partition coefficient (Wildman–Crippen LogP) is 1.05. The maximum Gasteiger partial charge on any atom is 0.407 e. The molecule has 1 aromatic carbocycles. The second-order valence-corrected chi connectivity index (χ2v) is 4.09. The third kappa shape index (κ3) is 4.42. The Morgan fingerprint density at radius 1 is 1.35 bits per heavy atom. The molecule has 0 saturated carbocycles. The van der Waals surface area contributed by atoms with Crippen molar-refractivity contribution in [1.82, 2.24) is 4.90 Å². The van der Waals surface area contributed by atoms with E-state index in [4.69, 9.17) is 10.8 Å². The van der Waals surface area contributed by atoms with E-state index >= 15 is 0 Å². The van der Waals surface area contributed by atoms with Gasteiger partial charge in [-0.05, 0) is 12.5 Å². The number of benzene rings is 1. The SMILES string of the molecule is CC(N)CN(CC(O)c1ccccc1)C(=O)O. The summed E-state index contributed by atoms with van der Waals surface area (Å²) in [6.45, 7) is 1.96. The van der Waals surface area contributed by atoms with Crippen molar-refractivity contribution in [3.05, 3.63) is 35.9 Å². The molecule has 0 aliphatic carbocycles. The Hall–Kier alpha value is -1.59. The number of aliphatic hydroxyl groups is 1. The van der Waals surface area contributed by atoms with Gasteiger partial charge in [0.2, 0.25) is 0 Å². The molecule has 2 unspecified atom stereocenters. The predicted molar refractivity (Wildman–Crippen MR) is 64.6 cm³/mol. The van der Waals surface area contributed by atoms with Crippen molar-refractivity contribution in [3.63, 3.8) is 0 Å². The van der Waals surface area contributed by atoms with Gasteiger partial charge in [-0.2, -0.15) is 0 Å². The van der Waals surface area contributed by atoms with E-state index < -0.39 is 12.2 Å². The first-order valence-corrected chi connectivity index (χ1v) is 5.47. The highest BCUT2D eigenvalue weighted by Gasteiger charge is 2.18. The molecule has 0 aliphatic rings. The van der Waals surface area contributed by atoms with Crippen LogP contribution in [0.25, 0.3) is 0 Å². The molecule has 0 heterocycles. The van der Waals surface area contributed by atoms with E-state index in [2.05, 4.69) is 0 Å². The van der Waals surface area contributed by atoms with E-state index in [-0.39, 0.29) is 19.1 Å². The molecule has 0 bridgehead atoms. The average molecular weight is 238 g/mol. The minimum atomic E-state index is -1.07. The van der Waals surface area contributed by atoms with E-state index in [0.29, 0.717) is 5.56 Å². The summed E-state index contributed by atoms with van der Waals surface area (Å²) in [5.41, 5.74) is 6.26. The third-order valence-corrected chi connectivity index (χ3v) is 2.36. The number of aliphatic hydroxyl groups excluding tert-OH is 1. The third-order valence-electron chi connectivity index (χ3n) is 2.36. The standard InChI is InChI=1S/C12H18N2O3/c1-9(13)7-14(12(16)17)8-11(15)10-5-3-2-4-6-10/h2-6,9,11,15H,7-8,13H2,1H3,(H,16,17). The van der Waals surface area contributed by atoms with Gasteiger partial charge in [0, 0.05) is 12.6 Å². The monoisotopic (exact) mass is 238 g/mol. The molecule has 0 aromatic heterocycles. The Kier molecular flexibility index (Phi) is 4.93. The summed E-state index contributed by atoms with van der Waals surface area (Å²) < 4.78 is 0. The largest absolute Gasteiger partial charge is 0.465 e. The Morgan fingerprint density at radius 3 is 2.41 bits per heavy atom. The fourth-order valence-corrected chi connectivity index (χ4v) is 1.57. The van der Waals surface area contributed by atoms with E-state index in [1.807, 2.05) is 6.07 Å². The van der Waals surface area contributed by atoms with Gasteiger partial charge >= 0.3 is 6.09 Å². The van der Waals surface area contributed by atoms with Crippen LogP contribution in [0.1, 0.15) is 18.6 Å². The molecule has 4 N–H and O–H groups in total. The molecule has 0 spiro atoms. The summed E-state index contributed by atoms with van der Waals surface area (Å²) in [5.74, 6) is 0. The van der Waals surface area contributed by atoms with Gasteiger partial charge < -0.3 is 20.8 Å². The zero-order valence-corrected chi connectivity index (χ0v) is 9.78. The van der Waals surface area contributed by atoms with Gasteiger partial charge in [-0.1, -0.05) is 30.3 Å². The highest BCUT2D eigenvalue weighted by molar-refractivity contribution is 5.65. The van der Waals surface area contributed by atoms with E-state index in [1.54, 1.807) is 31.2 Å². The number of hydrogen-bond acceptors (Lipinski definition) is 3. The van der Waals surface area contributed by atoms with Crippen molar-refractivity contribution in [1.29, 1.82) is 0 Å².